The van der Waals surface area contributed by atoms with E-state index in [1.807, 2.05) is 24.3 Å². The average Bonchev–Trinajstić information content (AvgIpc) is 2.49. The smallest absolute Gasteiger partial charge is 0.253 e. The highest BCUT2D eigenvalue weighted by Gasteiger charge is 2.26. The van der Waals surface area contributed by atoms with Crippen LogP contribution in [-0.2, 0) is 0 Å². The molecule has 0 saturated heterocycles. The summed E-state index contributed by atoms with van der Waals surface area (Å²) in [5, 5.41) is 6.56. The molecule has 116 valence electrons. The fraction of sp³-hybridized carbons (Fsp3) is 0.611. The van der Waals surface area contributed by atoms with Crippen molar-refractivity contribution in [3.63, 3.8) is 0 Å². The number of anilines is 1. The maximum absolute atomic E-state index is 12.5. The van der Waals surface area contributed by atoms with Crippen molar-refractivity contribution in [2.24, 2.45) is 11.8 Å². The quantitative estimate of drug-likeness (QED) is 0.857. The van der Waals surface area contributed by atoms with Crippen LogP contribution in [0, 0.1) is 11.8 Å². The number of para-hydroxylation sites is 1. The Balaban J connectivity index is 2.00. The van der Waals surface area contributed by atoms with E-state index >= 15 is 0 Å². The van der Waals surface area contributed by atoms with Gasteiger partial charge in [-0.25, -0.2) is 0 Å². The van der Waals surface area contributed by atoms with Gasteiger partial charge in [-0.05, 0) is 49.7 Å². The van der Waals surface area contributed by atoms with Gasteiger partial charge in [-0.15, -0.1) is 0 Å². The van der Waals surface area contributed by atoms with E-state index in [0.29, 0.717) is 12.0 Å². The van der Waals surface area contributed by atoms with Gasteiger partial charge < -0.3 is 10.6 Å². The van der Waals surface area contributed by atoms with Crippen LogP contribution in [0.2, 0.25) is 0 Å². The normalized spacial score (nSPS) is 25.4. The molecule has 0 aromatic heterocycles. The van der Waals surface area contributed by atoms with Gasteiger partial charge in [0.1, 0.15) is 0 Å². The molecule has 0 bridgehead atoms. The molecule has 2 rings (SSSR count). The van der Waals surface area contributed by atoms with Crippen molar-refractivity contribution in [2.75, 3.05) is 11.9 Å². The van der Waals surface area contributed by atoms with Crippen LogP contribution in [0.3, 0.4) is 0 Å². The number of carbonyl (C=O) groups excluding carboxylic acids is 1. The van der Waals surface area contributed by atoms with E-state index in [1.165, 1.54) is 6.42 Å². The number of amides is 1. The highest BCUT2D eigenvalue weighted by Crippen LogP contribution is 2.29. The van der Waals surface area contributed by atoms with Crippen molar-refractivity contribution >= 4 is 11.6 Å². The van der Waals surface area contributed by atoms with Crippen LogP contribution in [0.4, 0.5) is 5.69 Å². The molecular weight excluding hydrogens is 260 g/mol. The molecule has 1 aromatic carbocycles. The van der Waals surface area contributed by atoms with Crippen molar-refractivity contribution < 1.29 is 4.79 Å². The van der Waals surface area contributed by atoms with Gasteiger partial charge in [-0.3, -0.25) is 4.79 Å². The molecule has 3 nitrogen and oxygen atoms in total. The number of nitrogens with one attached hydrogen (secondary N) is 2. The van der Waals surface area contributed by atoms with Gasteiger partial charge in [-0.2, -0.15) is 0 Å². The molecule has 1 aromatic rings. The monoisotopic (exact) mass is 288 g/mol. The number of hydrogen-bond donors (Lipinski definition) is 2. The van der Waals surface area contributed by atoms with Gasteiger partial charge in [0.25, 0.3) is 5.91 Å². The first-order valence-electron chi connectivity index (χ1n) is 8.25. The Kier molecular flexibility index (Phi) is 5.66. The molecule has 1 fully saturated rings. The third kappa shape index (κ3) is 4.23. The third-order valence-electron chi connectivity index (χ3n) is 4.67. The number of rotatable bonds is 5. The molecule has 1 aliphatic rings. The van der Waals surface area contributed by atoms with E-state index < -0.39 is 0 Å². The topological polar surface area (TPSA) is 41.1 Å². The van der Waals surface area contributed by atoms with Crippen LogP contribution in [-0.4, -0.2) is 18.5 Å². The van der Waals surface area contributed by atoms with Crippen molar-refractivity contribution in [3.8, 4) is 0 Å². The minimum atomic E-state index is 0.0564. The van der Waals surface area contributed by atoms with Gasteiger partial charge >= 0.3 is 0 Å². The second kappa shape index (κ2) is 7.48. The highest BCUT2D eigenvalue weighted by molar-refractivity contribution is 5.99. The summed E-state index contributed by atoms with van der Waals surface area (Å²) in [5.41, 5.74) is 1.70. The highest BCUT2D eigenvalue weighted by atomic mass is 16.1. The Labute approximate surface area is 128 Å². The summed E-state index contributed by atoms with van der Waals surface area (Å²) < 4.78 is 0. The summed E-state index contributed by atoms with van der Waals surface area (Å²) in [6.07, 6.45) is 4.45. The van der Waals surface area contributed by atoms with E-state index in [0.717, 1.165) is 43.0 Å². The Bertz CT molecular complexity index is 472. The maximum Gasteiger partial charge on any atom is 0.253 e. The molecule has 21 heavy (non-hydrogen) atoms. The van der Waals surface area contributed by atoms with Gasteiger partial charge in [0, 0.05) is 18.3 Å². The van der Waals surface area contributed by atoms with Gasteiger partial charge in [-0.1, -0.05) is 32.9 Å². The zero-order valence-electron chi connectivity index (χ0n) is 13.5. The Morgan fingerprint density at radius 1 is 1.19 bits per heavy atom. The van der Waals surface area contributed by atoms with Crippen LogP contribution < -0.4 is 10.6 Å². The molecule has 0 spiro atoms. The average molecular weight is 288 g/mol. The van der Waals surface area contributed by atoms with Crippen molar-refractivity contribution in [3.05, 3.63) is 29.8 Å². The van der Waals surface area contributed by atoms with E-state index in [9.17, 15) is 4.79 Å². The van der Waals surface area contributed by atoms with E-state index in [4.69, 9.17) is 0 Å². The summed E-state index contributed by atoms with van der Waals surface area (Å²) in [7, 11) is 0. The Morgan fingerprint density at radius 2 is 1.95 bits per heavy atom. The molecule has 2 N–H and O–H groups in total. The molecule has 3 unspecified atom stereocenters. The first-order chi connectivity index (χ1) is 10.1. The van der Waals surface area contributed by atoms with Crippen molar-refractivity contribution in [2.45, 2.75) is 52.5 Å². The molecule has 1 aliphatic carbocycles. The predicted molar refractivity (Wildman–Crippen MR) is 88.7 cm³/mol. The van der Waals surface area contributed by atoms with Gasteiger partial charge in [0.15, 0.2) is 0 Å². The summed E-state index contributed by atoms with van der Waals surface area (Å²) >= 11 is 0. The van der Waals surface area contributed by atoms with Crippen LogP contribution >= 0.6 is 0 Å². The fourth-order valence-electron chi connectivity index (χ4n) is 3.04. The van der Waals surface area contributed by atoms with E-state index in [1.54, 1.807) is 0 Å². The second-order valence-corrected chi connectivity index (χ2v) is 6.41. The predicted octanol–water partition coefficient (Wildman–Crippen LogP) is 4.06. The van der Waals surface area contributed by atoms with Crippen LogP contribution in [0.15, 0.2) is 24.3 Å². The number of benzene rings is 1. The van der Waals surface area contributed by atoms with Crippen LogP contribution in [0.1, 0.15) is 56.8 Å². The van der Waals surface area contributed by atoms with Crippen LogP contribution in [0.25, 0.3) is 0 Å². The largest absolute Gasteiger partial charge is 0.384 e. The first-order valence-corrected chi connectivity index (χ1v) is 8.25. The van der Waals surface area contributed by atoms with Gasteiger partial charge in [0.05, 0.1) is 5.56 Å². The lowest BCUT2D eigenvalue weighted by molar-refractivity contribution is 0.0911. The summed E-state index contributed by atoms with van der Waals surface area (Å²) in [4.78, 5) is 12.5. The first kappa shape index (κ1) is 15.9. The van der Waals surface area contributed by atoms with E-state index in [-0.39, 0.29) is 5.91 Å². The lowest BCUT2D eigenvalue weighted by atomic mass is 9.79. The Morgan fingerprint density at radius 3 is 2.67 bits per heavy atom. The van der Waals surface area contributed by atoms with Crippen molar-refractivity contribution in [1.29, 1.82) is 0 Å². The third-order valence-corrected chi connectivity index (χ3v) is 4.67. The fourth-order valence-corrected chi connectivity index (χ4v) is 3.04. The van der Waals surface area contributed by atoms with Gasteiger partial charge in [0.2, 0.25) is 0 Å². The zero-order chi connectivity index (χ0) is 15.2. The molecular formula is C18H28N2O. The second-order valence-electron chi connectivity index (χ2n) is 6.41. The SMILES string of the molecule is CCCNc1ccccc1C(=O)NC1CCC(C)C(C)C1. The molecule has 3 atom stereocenters. The molecule has 0 radical (unpaired) electrons. The summed E-state index contributed by atoms with van der Waals surface area (Å²) in [6, 6.07) is 8.11. The minimum absolute atomic E-state index is 0.0564. The maximum atomic E-state index is 12.5. The summed E-state index contributed by atoms with van der Waals surface area (Å²) in [5.74, 6) is 1.52. The zero-order valence-corrected chi connectivity index (χ0v) is 13.5. The van der Waals surface area contributed by atoms with E-state index in [2.05, 4.69) is 31.4 Å². The summed E-state index contributed by atoms with van der Waals surface area (Å²) in [6.45, 7) is 7.62. The molecule has 1 amide bonds. The lowest BCUT2D eigenvalue weighted by Gasteiger charge is -2.32. The van der Waals surface area contributed by atoms with Crippen LogP contribution in [0.5, 0.6) is 0 Å². The number of carbonyl (C=O) groups is 1. The lowest BCUT2D eigenvalue weighted by Crippen LogP contribution is -2.40. The number of hydrogen-bond acceptors (Lipinski definition) is 2. The minimum Gasteiger partial charge on any atom is -0.384 e. The van der Waals surface area contributed by atoms with Crippen molar-refractivity contribution in [1.82, 2.24) is 5.32 Å². The molecule has 0 aliphatic heterocycles. The standard InChI is InChI=1S/C18H28N2O/c1-4-11-19-17-8-6-5-7-16(17)18(21)20-15-10-9-13(2)14(3)12-15/h5-8,13-15,19H,4,9-12H2,1-3H3,(H,20,21). The molecule has 0 heterocycles. The molecule has 3 heteroatoms. The Hall–Kier alpha value is -1.51. The molecule has 1 saturated carbocycles.